The van der Waals surface area contributed by atoms with Gasteiger partial charge in [0.2, 0.25) is 47.3 Å². The molecule has 45 heavy (non-hydrogen) atoms. The van der Waals surface area contributed by atoms with Gasteiger partial charge in [0.05, 0.1) is 58.1 Å². The smallest absolute Gasteiger partial charge is 0.328 e. The van der Waals surface area contributed by atoms with Gasteiger partial charge in [0, 0.05) is 0 Å². The zero-order valence-electron chi connectivity index (χ0n) is 24.4. The van der Waals surface area contributed by atoms with Gasteiger partial charge in [-0.05, 0) is 13.8 Å². The lowest BCUT2D eigenvalue weighted by Gasteiger charge is -2.20. The molecule has 0 aliphatic carbocycles. The Morgan fingerprint density at radius 2 is 0.933 bits per heavy atom. The summed E-state index contributed by atoms with van der Waals surface area (Å²) in [5, 5.41) is 54.1. The predicted molar refractivity (Wildman–Crippen MR) is 148 cm³/mol. The molecule has 0 saturated heterocycles. The first kappa shape index (κ1) is 40.1. The van der Waals surface area contributed by atoms with Crippen LogP contribution in [0.5, 0.6) is 0 Å². The normalized spacial score (nSPS) is 13.7. The van der Waals surface area contributed by atoms with Gasteiger partial charge in [0.1, 0.15) is 12.1 Å². The van der Waals surface area contributed by atoms with E-state index in [0.29, 0.717) is 0 Å². The fourth-order valence-electron chi connectivity index (χ4n) is 2.98. The molecule has 0 aromatic heterocycles. The molecule has 0 aliphatic rings. The van der Waals surface area contributed by atoms with Crippen LogP contribution in [0.3, 0.4) is 0 Å². The minimum Gasteiger partial charge on any atom is -0.480 e. The first-order chi connectivity index (χ1) is 21.0. The summed E-state index contributed by atoms with van der Waals surface area (Å²) in [5.41, 5.74) is 5.14. The number of carboxylic acid groups (broad SMARTS) is 1. The molecule has 0 radical (unpaired) electrons. The van der Waals surface area contributed by atoms with Gasteiger partial charge in [0.25, 0.3) is 0 Å². The Labute approximate surface area is 255 Å². The monoisotopic (exact) mass is 649 g/mol. The molecule has 0 aliphatic heterocycles. The molecule has 0 rings (SSSR count). The number of hydrogen-bond acceptors (Lipinski definition) is 13. The first-order valence-electron chi connectivity index (χ1n) is 13.2. The van der Waals surface area contributed by atoms with E-state index < -0.39 is 129 Å². The number of carbonyl (C=O) groups is 9. The van der Waals surface area contributed by atoms with Crippen molar-refractivity contribution in [3.8, 4) is 0 Å². The fourth-order valence-corrected chi connectivity index (χ4v) is 2.98. The van der Waals surface area contributed by atoms with Crippen molar-refractivity contribution in [2.75, 3.05) is 45.9 Å². The molecule has 22 heteroatoms. The van der Waals surface area contributed by atoms with Gasteiger partial charge in [0.15, 0.2) is 6.04 Å². The molecular formula is C23H39N9O13. The Balaban J connectivity index is 4.46. The second-order valence-electron chi connectivity index (χ2n) is 9.18. The van der Waals surface area contributed by atoms with E-state index in [9.17, 15) is 58.5 Å². The molecule has 0 unspecified atom stereocenters. The van der Waals surface area contributed by atoms with Crippen molar-refractivity contribution in [1.82, 2.24) is 42.5 Å². The minimum atomic E-state index is -1.61. The Kier molecular flexibility index (Phi) is 18.6. The van der Waals surface area contributed by atoms with E-state index in [1.165, 1.54) is 6.92 Å². The summed E-state index contributed by atoms with van der Waals surface area (Å²) >= 11 is 0. The van der Waals surface area contributed by atoms with E-state index in [1.807, 2.05) is 5.32 Å². The Morgan fingerprint density at radius 1 is 0.556 bits per heavy atom. The molecule has 0 fully saturated rings. The van der Waals surface area contributed by atoms with Crippen molar-refractivity contribution in [3.05, 3.63) is 0 Å². The molecule has 5 atom stereocenters. The standard InChI is InChI=1S/C23H39N9O13/c1-10(34)19(31-13(36)3-24)22(43)29-6-16(39)25-4-14(37)26-7-17(40)30-12(9-33)21(42)28-5-15(38)27-8-18(41)32-20(11(2)35)23(44)45/h10-12,19-20,33-35H,3-9,24H2,1-2H3,(H,25,39)(H,26,37)(H,27,38)(H,28,42)(H,29,43)(H,30,40)(H,31,36)(H,32,41)(H,44,45)/t10-,11-,12+,19+,20+/m1/s1. The highest BCUT2D eigenvalue weighted by Crippen LogP contribution is 1.94. The third kappa shape index (κ3) is 17.1. The number of hydrogen-bond donors (Lipinski definition) is 13. The second-order valence-corrected chi connectivity index (χ2v) is 9.18. The minimum absolute atomic E-state index is 0.438. The van der Waals surface area contributed by atoms with Gasteiger partial charge in [-0.15, -0.1) is 0 Å². The quantitative estimate of drug-likeness (QED) is 0.0582. The predicted octanol–water partition coefficient (Wildman–Crippen LogP) is -9.18. The molecule has 8 amide bonds. The van der Waals surface area contributed by atoms with Crippen molar-refractivity contribution >= 4 is 53.2 Å². The van der Waals surface area contributed by atoms with Crippen LogP contribution in [0.4, 0.5) is 0 Å². The van der Waals surface area contributed by atoms with Crippen molar-refractivity contribution in [2.45, 2.75) is 44.2 Å². The third-order valence-electron chi connectivity index (χ3n) is 5.35. The molecule has 22 nitrogen and oxygen atoms in total. The highest BCUT2D eigenvalue weighted by Gasteiger charge is 2.26. The number of rotatable bonds is 20. The van der Waals surface area contributed by atoms with Crippen LogP contribution in [0.15, 0.2) is 0 Å². The number of carbonyl (C=O) groups excluding carboxylic acids is 8. The van der Waals surface area contributed by atoms with E-state index in [4.69, 9.17) is 10.8 Å². The molecule has 0 aromatic carbocycles. The Hall–Kier alpha value is -4.93. The zero-order valence-corrected chi connectivity index (χ0v) is 24.4. The number of aliphatic carboxylic acids is 1. The van der Waals surface area contributed by atoms with Crippen LogP contribution < -0.4 is 48.3 Å². The lowest BCUT2D eigenvalue weighted by Crippen LogP contribution is -2.55. The zero-order chi connectivity index (χ0) is 34.7. The van der Waals surface area contributed by atoms with E-state index in [-0.39, 0.29) is 0 Å². The van der Waals surface area contributed by atoms with Gasteiger partial charge in [-0.3, -0.25) is 38.4 Å². The summed E-state index contributed by atoms with van der Waals surface area (Å²) in [6.45, 7) is -2.30. The number of nitrogens with two attached hydrogens (primary N) is 1. The maximum atomic E-state index is 12.2. The number of aliphatic hydroxyl groups is 3. The average Bonchev–Trinajstić information content (AvgIpc) is 2.98. The number of carboxylic acids is 1. The summed E-state index contributed by atoms with van der Waals surface area (Å²) in [6.07, 6.45) is -2.72. The third-order valence-corrected chi connectivity index (χ3v) is 5.35. The van der Waals surface area contributed by atoms with Crippen LogP contribution in [-0.4, -0.2) is 150 Å². The van der Waals surface area contributed by atoms with E-state index in [0.717, 1.165) is 6.92 Å². The summed E-state index contributed by atoms with van der Waals surface area (Å²) < 4.78 is 0. The van der Waals surface area contributed by atoms with Crippen LogP contribution in [0, 0.1) is 0 Å². The molecule has 14 N–H and O–H groups in total. The average molecular weight is 650 g/mol. The van der Waals surface area contributed by atoms with Gasteiger partial charge in [-0.25, -0.2) is 4.79 Å². The van der Waals surface area contributed by atoms with Crippen LogP contribution in [0.2, 0.25) is 0 Å². The molecule has 0 saturated carbocycles. The van der Waals surface area contributed by atoms with E-state index >= 15 is 0 Å². The topological polar surface area (TPSA) is 357 Å². The van der Waals surface area contributed by atoms with Crippen molar-refractivity contribution in [1.29, 1.82) is 0 Å². The number of nitrogens with one attached hydrogen (secondary N) is 8. The second kappa shape index (κ2) is 20.9. The highest BCUT2D eigenvalue weighted by atomic mass is 16.4. The van der Waals surface area contributed by atoms with Crippen LogP contribution in [-0.2, 0) is 43.2 Å². The SMILES string of the molecule is C[C@@H](O)[C@H](NC(=O)CNC(=O)CNC(=O)[C@H](CO)NC(=O)CNC(=O)CNC(=O)CNC(=O)[C@@H](NC(=O)CN)[C@@H](C)O)C(=O)O. The molecular weight excluding hydrogens is 610 g/mol. The fraction of sp³-hybridized carbons (Fsp3) is 0.609. The summed E-state index contributed by atoms with van der Waals surface area (Å²) in [6, 6.07) is -4.54. The van der Waals surface area contributed by atoms with Crippen molar-refractivity contribution in [2.24, 2.45) is 5.73 Å². The van der Waals surface area contributed by atoms with E-state index in [2.05, 4.69) is 37.2 Å². The van der Waals surface area contributed by atoms with Crippen LogP contribution in [0.1, 0.15) is 13.8 Å². The molecule has 0 aromatic rings. The maximum Gasteiger partial charge on any atom is 0.328 e. The molecule has 0 bridgehead atoms. The lowest BCUT2D eigenvalue weighted by atomic mass is 10.1. The van der Waals surface area contributed by atoms with Crippen molar-refractivity contribution < 1.29 is 63.6 Å². The summed E-state index contributed by atoms with van der Waals surface area (Å²) in [5.74, 6) is -8.56. The van der Waals surface area contributed by atoms with Gasteiger partial charge >= 0.3 is 5.97 Å². The van der Waals surface area contributed by atoms with Crippen LogP contribution >= 0.6 is 0 Å². The van der Waals surface area contributed by atoms with Crippen LogP contribution in [0.25, 0.3) is 0 Å². The Morgan fingerprint density at radius 3 is 1.33 bits per heavy atom. The highest BCUT2D eigenvalue weighted by molar-refractivity contribution is 5.94. The van der Waals surface area contributed by atoms with Gasteiger partial charge < -0.3 is 68.7 Å². The van der Waals surface area contributed by atoms with Gasteiger partial charge in [-0.2, -0.15) is 0 Å². The maximum absolute atomic E-state index is 12.2. The summed E-state index contributed by atoms with van der Waals surface area (Å²) in [7, 11) is 0. The number of aliphatic hydroxyl groups excluding tert-OH is 3. The van der Waals surface area contributed by atoms with E-state index in [1.54, 1.807) is 0 Å². The first-order valence-corrected chi connectivity index (χ1v) is 13.2. The van der Waals surface area contributed by atoms with Crippen molar-refractivity contribution in [3.63, 3.8) is 0 Å². The molecule has 0 spiro atoms. The van der Waals surface area contributed by atoms with Gasteiger partial charge in [-0.1, -0.05) is 0 Å². The largest absolute Gasteiger partial charge is 0.480 e. The number of amides is 8. The lowest BCUT2D eigenvalue weighted by molar-refractivity contribution is -0.144. The summed E-state index contributed by atoms with van der Waals surface area (Å²) in [4.78, 5) is 106. The molecule has 254 valence electrons. The molecule has 0 heterocycles. The Bertz CT molecular complexity index is 1100.